The molecule has 0 unspecified atom stereocenters. The molecule has 0 amide bonds. The van der Waals surface area contributed by atoms with Crippen LogP contribution in [0.25, 0.3) is 11.0 Å². The Morgan fingerprint density at radius 1 is 1.50 bits per heavy atom. The maximum atomic E-state index is 10.9. The molecule has 0 saturated heterocycles. The Morgan fingerprint density at radius 2 is 2.28 bits per heavy atom. The van der Waals surface area contributed by atoms with E-state index in [1.807, 2.05) is 24.3 Å². The van der Waals surface area contributed by atoms with Crippen LogP contribution in [0.5, 0.6) is 0 Å². The number of para-hydroxylation sites is 2. The van der Waals surface area contributed by atoms with Crippen molar-refractivity contribution in [3.63, 3.8) is 0 Å². The van der Waals surface area contributed by atoms with E-state index in [4.69, 9.17) is 9.84 Å². The van der Waals surface area contributed by atoms with Crippen molar-refractivity contribution in [2.24, 2.45) is 0 Å². The van der Waals surface area contributed by atoms with Crippen molar-refractivity contribution in [2.75, 3.05) is 25.6 Å². The monoisotopic (exact) mass is 249 g/mol. The highest BCUT2D eigenvalue weighted by Crippen LogP contribution is 2.19. The molecule has 2 N–H and O–H groups in total. The van der Waals surface area contributed by atoms with Crippen LogP contribution >= 0.6 is 0 Å². The number of nitrogens with one attached hydrogen (secondary N) is 1. The molecule has 2 aromatic rings. The molecule has 0 fully saturated rings. The number of anilines is 1. The van der Waals surface area contributed by atoms with E-state index < -0.39 is 5.97 Å². The summed E-state index contributed by atoms with van der Waals surface area (Å²) in [5, 5.41) is 12.0. The Hall–Kier alpha value is -2.08. The maximum absolute atomic E-state index is 10.9. The quantitative estimate of drug-likeness (QED) is 0.752. The van der Waals surface area contributed by atoms with Gasteiger partial charge in [0.1, 0.15) is 6.54 Å². The number of carboxylic acids is 1. The van der Waals surface area contributed by atoms with Crippen LogP contribution in [0.3, 0.4) is 0 Å². The van der Waals surface area contributed by atoms with Crippen molar-refractivity contribution in [1.82, 2.24) is 9.55 Å². The second kappa shape index (κ2) is 5.50. The largest absolute Gasteiger partial charge is 0.480 e. The zero-order chi connectivity index (χ0) is 13.0. The lowest BCUT2D eigenvalue weighted by atomic mass is 10.3. The van der Waals surface area contributed by atoms with E-state index in [1.165, 1.54) is 0 Å². The van der Waals surface area contributed by atoms with Gasteiger partial charge in [-0.05, 0) is 12.1 Å². The molecule has 18 heavy (non-hydrogen) atoms. The molecule has 0 saturated carbocycles. The number of nitrogens with zero attached hydrogens (tertiary/aromatic N) is 2. The van der Waals surface area contributed by atoms with E-state index in [9.17, 15) is 4.79 Å². The summed E-state index contributed by atoms with van der Waals surface area (Å²) in [7, 11) is 1.61. The molecule has 2 rings (SSSR count). The van der Waals surface area contributed by atoms with Crippen molar-refractivity contribution >= 4 is 23.0 Å². The number of carboxylic acid groups (broad SMARTS) is 1. The molecule has 1 aromatic heterocycles. The highest BCUT2D eigenvalue weighted by molar-refractivity contribution is 5.81. The van der Waals surface area contributed by atoms with Gasteiger partial charge in [-0.25, -0.2) is 4.98 Å². The number of methoxy groups -OCH3 is 1. The average molecular weight is 249 g/mol. The lowest BCUT2D eigenvalue weighted by Gasteiger charge is -2.07. The van der Waals surface area contributed by atoms with E-state index in [-0.39, 0.29) is 6.54 Å². The van der Waals surface area contributed by atoms with E-state index in [0.717, 1.165) is 11.0 Å². The number of aliphatic carboxylic acids is 1. The number of hydrogen-bond acceptors (Lipinski definition) is 4. The van der Waals surface area contributed by atoms with Crippen molar-refractivity contribution < 1.29 is 14.6 Å². The highest BCUT2D eigenvalue weighted by Gasteiger charge is 2.12. The van der Waals surface area contributed by atoms with Gasteiger partial charge < -0.3 is 15.2 Å². The first-order valence-electron chi connectivity index (χ1n) is 5.62. The zero-order valence-electron chi connectivity index (χ0n) is 10.1. The number of hydrogen-bond donors (Lipinski definition) is 2. The third kappa shape index (κ3) is 2.60. The number of carbonyl (C=O) groups is 1. The van der Waals surface area contributed by atoms with Gasteiger partial charge in [0.15, 0.2) is 0 Å². The van der Waals surface area contributed by atoms with E-state index in [1.54, 1.807) is 11.7 Å². The van der Waals surface area contributed by atoms with Gasteiger partial charge in [0.05, 0.1) is 17.6 Å². The van der Waals surface area contributed by atoms with Gasteiger partial charge in [0.25, 0.3) is 0 Å². The van der Waals surface area contributed by atoms with Crippen molar-refractivity contribution in [2.45, 2.75) is 6.54 Å². The summed E-state index contributed by atoms with van der Waals surface area (Å²) in [6, 6.07) is 7.45. The average Bonchev–Trinajstić information content (AvgIpc) is 2.68. The van der Waals surface area contributed by atoms with Gasteiger partial charge in [0, 0.05) is 13.7 Å². The highest BCUT2D eigenvalue weighted by atomic mass is 16.5. The van der Waals surface area contributed by atoms with Crippen LogP contribution in [0.15, 0.2) is 24.3 Å². The topological polar surface area (TPSA) is 76.4 Å². The molecule has 6 nitrogen and oxygen atoms in total. The van der Waals surface area contributed by atoms with Crippen LogP contribution in [0, 0.1) is 0 Å². The van der Waals surface area contributed by atoms with Gasteiger partial charge in [-0.3, -0.25) is 9.36 Å². The van der Waals surface area contributed by atoms with Crippen LogP contribution in [0.2, 0.25) is 0 Å². The smallest absolute Gasteiger partial charge is 0.323 e. The lowest BCUT2D eigenvalue weighted by Crippen LogP contribution is -2.15. The van der Waals surface area contributed by atoms with Crippen LogP contribution in [-0.4, -0.2) is 40.9 Å². The zero-order valence-corrected chi connectivity index (χ0v) is 10.1. The predicted molar refractivity (Wildman–Crippen MR) is 67.7 cm³/mol. The molecular formula is C12H15N3O3. The van der Waals surface area contributed by atoms with Gasteiger partial charge in [0.2, 0.25) is 5.95 Å². The fourth-order valence-corrected chi connectivity index (χ4v) is 1.77. The first-order chi connectivity index (χ1) is 8.72. The summed E-state index contributed by atoms with van der Waals surface area (Å²) < 4.78 is 6.59. The number of ether oxygens (including phenoxy) is 1. The van der Waals surface area contributed by atoms with Crippen LogP contribution in [-0.2, 0) is 16.1 Å². The molecule has 0 aliphatic heterocycles. The van der Waals surface area contributed by atoms with Crippen molar-refractivity contribution in [3.8, 4) is 0 Å². The normalized spacial score (nSPS) is 10.7. The summed E-state index contributed by atoms with van der Waals surface area (Å²) in [5.74, 6) is -0.344. The summed E-state index contributed by atoms with van der Waals surface area (Å²) in [4.78, 5) is 15.3. The number of aromatic nitrogens is 2. The number of rotatable bonds is 6. The number of fused-ring (bicyclic) bond motifs is 1. The Balaban J connectivity index is 2.33. The summed E-state index contributed by atoms with van der Waals surface area (Å²) in [6.07, 6.45) is 0. The van der Waals surface area contributed by atoms with Gasteiger partial charge in [-0.15, -0.1) is 0 Å². The molecular weight excluding hydrogens is 234 g/mol. The first-order valence-corrected chi connectivity index (χ1v) is 5.62. The molecule has 0 aliphatic rings. The molecule has 0 aliphatic carbocycles. The Labute approximate surface area is 104 Å². The SMILES string of the molecule is COCCNc1nc2ccccc2n1CC(=O)O. The van der Waals surface area contributed by atoms with E-state index in [0.29, 0.717) is 19.1 Å². The number of benzene rings is 1. The minimum atomic E-state index is -0.895. The third-order valence-electron chi connectivity index (χ3n) is 2.54. The maximum Gasteiger partial charge on any atom is 0.323 e. The molecule has 1 heterocycles. The van der Waals surface area contributed by atoms with Crippen molar-refractivity contribution in [3.05, 3.63) is 24.3 Å². The fourth-order valence-electron chi connectivity index (χ4n) is 1.77. The third-order valence-corrected chi connectivity index (χ3v) is 2.54. The van der Waals surface area contributed by atoms with Gasteiger partial charge in [-0.2, -0.15) is 0 Å². The summed E-state index contributed by atoms with van der Waals surface area (Å²) in [5.41, 5.74) is 1.58. The minimum Gasteiger partial charge on any atom is -0.480 e. The molecule has 0 atom stereocenters. The van der Waals surface area contributed by atoms with Crippen LogP contribution in [0.1, 0.15) is 0 Å². The lowest BCUT2D eigenvalue weighted by molar-refractivity contribution is -0.137. The number of imidazole rings is 1. The molecule has 0 bridgehead atoms. The molecule has 0 spiro atoms. The first kappa shape index (κ1) is 12.4. The standard InChI is InChI=1S/C12H15N3O3/c1-18-7-6-13-12-14-9-4-2-3-5-10(9)15(12)8-11(16)17/h2-5H,6-8H2,1H3,(H,13,14)(H,16,17). The van der Waals surface area contributed by atoms with Gasteiger partial charge in [-0.1, -0.05) is 12.1 Å². The molecule has 96 valence electrons. The summed E-state index contributed by atoms with van der Waals surface area (Å²) in [6.45, 7) is 1.01. The Bertz CT molecular complexity index is 550. The molecule has 0 radical (unpaired) electrons. The minimum absolute atomic E-state index is 0.115. The predicted octanol–water partition coefficient (Wildman–Crippen LogP) is 1.18. The van der Waals surface area contributed by atoms with Crippen LogP contribution < -0.4 is 5.32 Å². The van der Waals surface area contributed by atoms with E-state index >= 15 is 0 Å². The Kier molecular flexibility index (Phi) is 3.78. The molecule has 6 heteroatoms. The van der Waals surface area contributed by atoms with Crippen molar-refractivity contribution in [1.29, 1.82) is 0 Å². The summed E-state index contributed by atoms with van der Waals surface area (Å²) >= 11 is 0. The Morgan fingerprint density at radius 3 is 3.00 bits per heavy atom. The fraction of sp³-hybridized carbons (Fsp3) is 0.333. The van der Waals surface area contributed by atoms with E-state index in [2.05, 4.69) is 10.3 Å². The second-order valence-electron chi connectivity index (χ2n) is 3.82. The van der Waals surface area contributed by atoms with Gasteiger partial charge >= 0.3 is 5.97 Å². The molecule has 1 aromatic carbocycles. The van der Waals surface area contributed by atoms with Crippen LogP contribution in [0.4, 0.5) is 5.95 Å². The second-order valence-corrected chi connectivity index (χ2v) is 3.82.